The molecule has 0 aromatic heterocycles. The van der Waals surface area contributed by atoms with Gasteiger partial charge in [-0.1, -0.05) is 19.9 Å². The number of rotatable bonds is 2. The van der Waals surface area contributed by atoms with Gasteiger partial charge in [-0.15, -0.1) is 0 Å². The Morgan fingerprint density at radius 3 is 2.67 bits per heavy atom. The van der Waals surface area contributed by atoms with Crippen molar-refractivity contribution in [3.8, 4) is 0 Å². The van der Waals surface area contributed by atoms with Crippen LogP contribution in [0.2, 0.25) is 0 Å². The molecule has 0 fully saturated rings. The van der Waals surface area contributed by atoms with E-state index in [1.54, 1.807) is 6.26 Å². The predicted molar refractivity (Wildman–Crippen MR) is 51.7 cm³/mol. The quantitative estimate of drug-likeness (QED) is 0.642. The van der Waals surface area contributed by atoms with Crippen LogP contribution in [0.5, 0.6) is 0 Å². The van der Waals surface area contributed by atoms with Crippen molar-refractivity contribution < 1.29 is 4.55 Å². The van der Waals surface area contributed by atoms with Crippen LogP contribution in [0.3, 0.4) is 0 Å². The minimum Gasteiger partial charge on any atom is -0.612 e. The van der Waals surface area contributed by atoms with E-state index in [1.165, 1.54) is 5.56 Å². The predicted octanol–water partition coefficient (Wildman–Crippen LogP) is 2.35. The summed E-state index contributed by atoms with van der Waals surface area (Å²) in [5.74, 6) is 0.488. The zero-order valence-electron chi connectivity index (χ0n) is 7.63. The number of hydrogen-bond acceptors (Lipinski definition) is 1. The Bertz CT molecular complexity index is 233. The molecule has 1 unspecified atom stereocenters. The maximum absolute atomic E-state index is 11.1. The lowest BCUT2D eigenvalue weighted by atomic mass is 10.0. The van der Waals surface area contributed by atoms with Gasteiger partial charge in [-0.3, -0.25) is 0 Å². The summed E-state index contributed by atoms with van der Waals surface area (Å²) in [5, 5.41) is 0. The molecule has 0 aliphatic heterocycles. The maximum Gasteiger partial charge on any atom is 0.160 e. The molecule has 0 spiro atoms. The molecule has 2 heteroatoms. The molecule has 12 heavy (non-hydrogen) atoms. The fraction of sp³-hybridized carbons (Fsp3) is 0.400. The molecule has 0 saturated carbocycles. The van der Waals surface area contributed by atoms with Gasteiger partial charge >= 0.3 is 0 Å². The minimum atomic E-state index is -0.911. The first kappa shape index (κ1) is 9.62. The molecule has 65 valence electrons. The lowest BCUT2D eigenvalue weighted by Gasteiger charge is -2.07. The van der Waals surface area contributed by atoms with Crippen LogP contribution in [-0.4, -0.2) is 10.8 Å². The van der Waals surface area contributed by atoms with E-state index in [4.69, 9.17) is 0 Å². The van der Waals surface area contributed by atoms with E-state index in [1.807, 2.05) is 18.2 Å². The highest BCUT2D eigenvalue weighted by molar-refractivity contribution is 7.90. The van der Waals surface area contributed by atoms with Gasteiger partial charge in [0.15, 0.2) is 4.90 Å². The standard InChI is InChI=1S/C10H13OS/c1-8(2)9-5-4-6-10(7-9)12(3)11/h4-5,7-8H,1-3H3. The second-order valence-corrected chi connectivity index (χ2v) is 4.44. The molecule has 0 N–H and O–H groups in total. The van der Waals surface area contributed by atoms with Crippen LogP contribution in [0, 0.1) is 6.07 Å². The third-order valence-corrected chi connectivity index (χ3v) is 2.63. The van der Waals surface area contributed by atoms with E-state index in [0.717, 1.165) is 4.90 Å². The number of benzene rings is 1. The van der Waals surface area contributed by atoms with Gasteiger partial charge in [-0.05, 0) is 34.8 Å². The summed E-state index contributed by atoms with van der Waals surface area (Å²) in [6.07, 6.45) is 1.68. The van der Waals surface area contributed by atoms with Crippen molar-refractivity contribution in [1.29, 1.82) is 0 Å². The molecule has 1 aromatic rings. The molecular formula is C10H13OS. The molecule has 0 amide bonds. The topological polar surface area (TPSA) is 23.1 Å². The average molecular weight is 181 g/mol. The molecule has 0 heterocycles. The average Bonchev–Trinajstić information content (AvgIpc) is 2.04. The van der Waals surface area contributed by atoms with Crippen LogP contribution in [0.25, 0.3) is 0 Å². The third-order valence-electron chi connectivity index (χ3n) is 1.78. The summed E-state index contributed by atoms with van der Waals surface area (Å²) < 4.78 is 11.1. The Morgan fingerprint density at radius 1 is 1.50 bits per heavy atom. The summed E-state index contributed by atoms with van der Waals surface area (Å²) in [6, 6.07) is 8.78. The van der Waals surface area contributed by atoms with Crippen molar-refractivity contribution >= 4 is 11.2 Å². The summed E-state index contributed by atoms with van der Waals surface area (Å²) >= 11 is -0.911. The Hall–Kier alpha value is -0.470. The molecule has 1 aromatic carbocycles. The molecule has 0 saturated heterocycles. The van der Waals surface area contributed by atoms with E-state index in [0.29, 0.717) is 5.92 Å². The van der Waals surface area contributed by atoms with Gasteiger partial charge < -0.3 is 4.55 Å². The molecule has 0 aliphatic carbocycles. The summed E-state index contributed by atoms with van der Waals surface area (Å²) in [5.41, 5.74) is 1.22. The molecule has 0 bridgehead atoms. The van der Waals surface area contributed by atoms with Crippen molar-refractivity contribution in [3.05, 3.63) is 29.8 Å². The van der Waals surface area contributed by atoms with E-state index < -0.39 is 11.2 Å². The largest absolute Gasteiger partial charge is 0.612 e. The molecule has 0 aliphatic rings. The van der Waals surface area contributed by atoms with Crippen molar-refractivity contribution in [2.75, 3.05) is 6.26 Å². The first-order valence-electron chi connectivity index (χ1n) is 3.96. The van der Waals surface area contributed by atoms with Crippen molar-refractivity contribution in [2.45, 2.75) is 24.7 Å². The Labute approximate surface area is 77.0 Å². The first-order chi connectivity index (χ1) is 5.61. The van der Waals surface area contributed by atoms with E-state index in [-0.39, 0.29) is 0 Å². The highest BCUT2D eigenvalue weighted by atomic mass is 32.2. The highest BCUT2D eigenvalue weighted by Crippen LogP contribution is 2.17. The van der Waals surface area contributed by atoms with Gasteiger partial charge in [0.2, 0.25) is 0 Å². The van der Waals surface area contributed by atoms with Crippen LogP contribution in [-0.2, 0) is 11.2 Å². The van der Waals surface area contributed by atoms with Crippen LogP contribution < -0.4 is 0 Å². The van der Waals surface area contributed by atoms with E-state index in [9.17, 15) is 4.55 Å². The smallest absolute Gasteiger partial charge is 0.160 e. The Morgan fingerprint density at radius 2 is 2.17 bits per heavy atom. The van der Waals surface area contributed by atoms with Crippen molar-refractivity contribution in [3.63, 3.8) is 0 Å². The fourth-order valence-electron chi connectivity index (χ4n) is 0.986. The van der Waals surface area contributed by atoms with Crippen molar-refractivity contribution in [2.24, 2.45) is 0 Å². The second-order valence-electron chi connectivity index (χ2n) is 3.10. The summed E-state index contributed by atoms with van der Waals surface area (Å²) in [4.78, 5) is 0.793. The summed E-state index contributed by atoms with van der Waals surface area (Å²) in [7, 11) is 0. The highest BCUT2D eigenvalue weighted by Gasteiger charge is 2.06. The maximum atomic E-state index is 11.1. The van der Waals surface area contributed by atoms with Crippen LogP contribution in [0.4, 0.5) is 0 Å². The van der Waals surface area contributed by atoms with E-state index in [2.05, 4.69) is 19.9 Å². The van der Waals surface area contributed by atoms with Gasteiger partial charge in [-0.25, -0.2) is 0 Å². The van der Waals surface area contributed by atoms with Gasteiger partial charge in [0.25, 0.3) is 0 Å². The molecule has 1 atom stereocenters. The Balaban J connectivity index is 2.96. The minimum absolute atomic E-state index is 0.488. The number of hydrogen-bond donors (Lipinski definition) is 0. The van der Waals surface area contributed by atoms with Crippen LogP contribution in [0.15, 0.2) is 23.1 Å². The van der Waals surface area contributed by atoms with Gasteiger partial charge in [-0.2, -0.15) is 0 Å². The zero-order valence-corrected chi connectivity index (χ0v) is 8.44. The normalized spacial score (nSPS) is 13.4. The zero-order chi connectivity index (χ0) is 9.14. The van der Waals surface area contributed by atoms with Gasteiger partial charge in [0.1, 0.15) is 6.26 Å². The molecular weight excluding hydrogens is 168 g/mol. The molecule has 1 nitrogen and oxygen atoms in total. The van der Waals surface area contributed by atoms with Gasteiger partial charge in [0.05, 0.1) is 0 Å². The summed E-state index contributed by atoms with van der Waals surface area (Å²) in [6.45, 7) is 4.25. The fourth-order valence-corrected chi connectivity index (χ4v) is 1.52. The Kier molecular flexibility index (Phi) is 3.18. The second kappa shape index (κ2) is 3.97. The third kappa shape index (κ3) is 2.26. The van der Waals surface area contributed by atoms with Crippen molar-refractivity contribution in [1.82, 2.24) is 0 Å². The first-order valence-corrected chi connectivity index (χ1v) is 5.52. The monoisotopic (exact) mass is 181 g/mol. The van der Waals surface area contributed by atoms with E-state index >= 15 is 0 Å². The molecule has 1 radical (unpaired) electrons. The lowest BCUT2D eigenvalue weighted by Crippen LogP contribution is -1.98. The van der Waals surface area contributed by atoms with Gasteiger partial charge in [0, 0.05) is 6.07 Å². The van der Waals surface area contributed by atoms with Crippen LogP contribution >= 0.6 is 0 Å². The molecule has 1 rings (SSSR count). The van der Waals surface area contributed by atoms with Crippen LogP contribution in [0.1, 0.15) is 25.3 Å². The lowest BCUT2D eigenvalue weighted by molar-refractivity contribution is 0.600. The SMILES string of the molecule is CC(C)c1cc[c]c([S+](C)[O-])c1.